The van der Waals surface area contributed by atoms with Crippen molar-refractivity contribution in [1.82, 2.24) is 15.0 Å². The Morgan fingerprint density at radius 3 is 2.02 bits per heavy atom. The van der Waals surface area contributed by atoms with Gasteiger partial charge in [-0.2, -0.15) is 0 Å². The van der Waals surface area contributed by atoms with E-state index in [0.717, 1.165) is 82.7 Å². The molecule has 58 heavy (non-hydrogen) atoms. The largest absolute Gasteiger partial charge is 0.253 e. The highest BCUT2D eigenvalue weighted by Crippen LogP contribution is 2.47. The molecule has 4 nitrogen and oxygen atoms in total. The van der Waals surface area contributed by atoms with E-state index in [4.69, 9.17) is 19.9 Å². The minimum Gasteiger partial charge on any atom is -0.253 e. The van der Waals surface area contributed by atoms with E-state index >= 15 is 0 Å². The van der Waals surface area contributed by atoms with Crippen LogP contribution < -0.4 is 0 Å². The number of aliphatic imine (C=N–C) groups is 1. The maximum Gasteiger partial charge on any atom is 0.164 e. The molecular formula is C54H48N4. The molecule has 0 spiro atoms. The van der Waals surface area contributed by atoms with Gasteiger partial charge < -0.3 is 0 Å². The van der Waals surface area contributed by atoms with Crippen molar-refractivity contribution in [3.8, 4) is 33.9 Å². The number of hydrogen-bond donors (Lipinski definition) is 0. The van der Waals surface area contributed by atoms with Crippen LogP contribution in [-0.4, -0.2) is 20.7 Å². The van der Waals surface area contributed by atoms with Gasteiger partial charge in [0.05, 0.1) is 5.70 Å². The second-order valence-electron chi connectivity index (χ2n) is 16.2. The molecule has 0 aliphatic heterocycles. The van der Waals surface area contributed by atoms with E-state index in [2.05, 4.69) is 156 Å². The molecule has 3 aliphatic carbocycles. The number of rotatable bonds is 8. The predicted molar refractivity (Wildman–Crippen MR) is 242 cm³/mol. The SMILES string of the molecule is C=C(N=C(C)c1ccccc1)C1=CCCC(c2cccc3c2Cc2c(-c4cccc(-c5nc(C6=C(C)CCC=C6)nc(-c6ccccc6)n5)c4)cccc2C3(C)C)=C1. The van der Waals surface area contributed by atoms with Crippen molar-refractivity contribution < 1.29 is 0 Å². The molecule has 0 N–H and O–H groups in total. The van der Waals surface area contributed by atoms with Gasteiger partial charge in [-0.05, 0) is 114 Å². The summed E-state index contributed by atoms with van der Waals surface area (Å²) < 4.78 is 0. The molecule has 0 fully saturated rings. The van der Waals surface area contributed by atoms with Crippen LogP contribution in [-0.2, 0) is 11.8 Å². The summed E-state index contributed by atoms with van der Waals surface area (Å²) in [6.07, 6.45) is 13.8. The lowest BCUT2D eigenvalue weighted by molar-refractivity contribution is 0.610. The summed E-state index contributed by atoms with van der Waals surface area (Å²) in [6, 6.07) is 43.1. The molecule has 1 heterocycles. The number of allylic oxidation sites excluding steroid dienone is 7. The molecule has 0 atom stereocenters. The number of benzene rings is 5. The average molecular weight is 753 g/mol. The Morgan fingerprint density at radius 2 is 1.28 bits per heavy atom. The van der Waals surface area contributed by atoms with E-state index in [0.29, 0.717) is 11.6 Å². The van der Waals surface area contributed by atoms with Crippen LogP contribution in [0.5, 0.6) is 0 Å². The van der Waals surface area contributed by atoms with Gasteiger partial charge in [0.25, 0.3) is 0 Å². The molecule has 1 aromatic heterocycles. The summed E-state index contributed by atoms with van der Waals surface area (Å²) in [5, 5.41) is 0. The number of hydrogen-bond acceptors (Lipinski definition) is 4. The van der Waals surface area contributed by atoms with Gasteiger partial charge in [0.1, 0.15) is 0 Å². The molecule has 0 saturated heterocycles. The van der Waals surface area contributed by atoms with Gasteiger partial charge in [-0.25, -0.2) is 15.0 Å². The Kier molecular flexibility index (Phi) is 9.87. The standard InChI is InChI=1S/C54H48N4/c1-35-18-12-13-27-44(35)53-57-51(39-21-10-7-11-22-39)56-52(58-53)43-26-15-25-42(33-43)46-29-17-31-50-48(46)34-47-45(28-16-30-49(47)54(50,4)5)41-24-14-23-40(32-41)37(3)55-36(2)38-19-8-6-9-20-38/h6-11,13,15-17,19-23,25-33H,3,12,14,18,24,34H2,1-2,4-5H3. The molecule has 3 aliphatic rings. The molecule has 9 rings (SSSR count). The Hall–Kier alpha value is -6.52. The van der Waals surface area contributed by atoms with Crippen LogP contribution in [0, 0.1) is 0 Å². The number of aromatic nitrogens is 3. The molecule has 6 aromatic rings. The number of fused-ring (bicyclic) bond motifs is 2. The van der Waals surface area contributed by atoms with Crippen molar-refractivity contribution in [2.24, 2.45) is 4.99 Å². The third-order valence-electron chi connectivity index (χ3n) is 12.1. The molecule has 5 aromatic carbocycles. The first-order chi connectivity index (χ1) is 28.2. The van der Waals surface area contributed by atoms with E-state index in [9.17, 15) is 0 Å². The van der Waals surface area contributed by atoms with Gasteiger partial charge >= 0.3 is 0 Å². The zero-order valence-corrected chi connectivity index (χ0v) is 33.9. The third kappa shape index (κ3) is 7.05. The first kappa shape index (κ1) is 37.1. The normalized spacial score (nSPS) is 16.0. The first-order valence-corrected chi connectivity index (χ1v) is 20.5. The van der Waals surface area contributed by atoms with Crippen molar-refractivity contribution in [3.63, 3.8) is 0 Å². The van der Waals surface area contributed by atoms with Gasteiger partial charge in [-0.1, -0.05) is 159 Å². The second-order valence-corrected chi connectivity index (χ2v) is 16.2. The van der Waals surface area contributed by atoms with Crippen LogP contribution in [0.1, 0.15) is 92.6 Å². The number of nitrogens with zero attached hydrogens (tertiary/aromatic N) is 4. The monoisotopic (exact) mass is 752 g/mol. The van der Waals surface area contributed by atoms with Crippen LogP contribution in [0.3, 0.4) is 0 Å². The Labute approximate surface area is 342 Å². The molecule has 0 bridgehead atoms. The van der Waals surface area contributed by atoms with Crippen LogP contribution in [0.4, 0.5) is 0 Å². The first-order valence-electron chi connectivity index (χ1n) is 20.5. The van der Waals surface area contributed by atoms with Crippen molar-refractivity contribution in [2.75, 3.05) is 0 Å². The second kappa shape index (κ2) is 15.4. The maximum absolute atomic E-state index is 5.13. The van der Waals surface area contributed by atoms with Crippen molar-refractivity contribution >= 4 is 16.9 Å². The van der Waals surface area contributed by atoms with Crippen molar-refractivity contribution in [2.45, 2.75) is 65.2 Å². The smallest absolute Gasteiger partial charge is 0.164 e. The molecule has 4 heteroatoms. The van der Waals surface area contributed by atoms with Gasteiger partial charge in [-0.15, -0.1) is 0 Å². The summed E-state index contributed by atoms with van der Waals surface area (Å²) in [5.74, 6) is 2.09. The van der Waals surface area contributed by atoms with Crippen molar-refractivity contribution in [3.05, 3.63) is 208 Å². The summed E-state index contributed by atoms with van der Waals surface area (Å²) in [4.78, 5) is 20.2. The van der Waals surface area contributed by atoms with Crippen molar-refractivity contribution in [1.29, 1.82) is 0 Å². The molecule has 284 valence electrons. The summed E-state index contributed by atoms with van der Waals surface area (Å²) in [7, 11) is 0. The Bertz CT molecular complexity index is 2740. The van der Waals surface area contributed by atoms with E-state index < -0.39 is 0 Å². The van der Waals surface area contributed by atoms with E-state index in [1.54, 1.807) is 0 Å². The predicted octanol–water partition coefficient (Wildman–Crippen LogP) is 13.4. The van der Waals surface area contributed by atoms with Gasteiger partial charge in [0.2, 0.25) is 0 Å². The van der Waals surface area contributed by atoms with Gasteiger partial charge in [0.15, 0.2) is 17.5 Å². The third-order valence-corrected chi connectivity index (χ3v) is 12.1. The molecular weight excluding hydrogens is 705 g/mol. The topological polar surface area (TPSA) is 51.0 Å². The van der Waals surface area contributed by atoms with Gasteiger partial charge in [-0.3, -0.25) is 4.99 Å². The fourth-order valence-electron chi connectivity index (χ4n) is 8.96. The van der Waals surface area contributed by atoms with Crippen LogP contribution in [0.2, 0.25) is 0 Å². The lowest BCUT2D eigenvalue weighted by Gasteiger charge is -2.38. The molecule has 0 amide bonds. The molecule has 0 unspecified atom stereocenters. The Morgan fingerprint density at radius 1 is 0.655 bits per heavy atom. The summed E-state index contributed by atoms with van der Waals surface area (Å²) in [6.45, 7) is 13.4. The van der Waals surface area contributed by atoms with E-state index in [1.165, 1.54) is 44.5 Å². The Balaban J connectivity index is 1.10. The maximum atomic E-state index is 5.13. The fourth-order valence-corrected chi connectivity index (χ4v) is 8.96. The summed E-state index contributed by atoms with van der Waals surface area (Å²) >= 11 is 0. The minimum atomic E-state index is -0.187. The molecule has 0 radical (unpaired) electrons. The quantitative estimate of drug-likeness (QED) is 0.145. The highest BCUT2D eigenvalue weighted by atomic mass is 15.0. The molecule has 0 saturated carbocycles. The highest BCUT2D eigenvalue weighted by molar-refractivity contribution is 5.99. The lowest BCUT2D eigenvalue weighted by Crippen LogP contribution is -2.28. The van der Waals surface area contributed by atoms with Crippen LogP contribution in [0.25, 0.3) is 45.0 Å². The van der Waals surface area contributed by atoms with Crippen LogP contribution in [0.15, 0.2) is 174 Å². The van der Waals surface area contributed by atoms with Gasteiger partial charge in [0, 0.05) is 27.8 Å². The minimum absolute atomic E-state index is 0.187. The lowest BCUT2D eigenvalue weighted by atomic mass is 9.66. The van der Waals surface area contributed by atoms with Crippen LogP contribution >= 0.6 is 0 Å². The zero-order chi connectivity index (χ0) is 39.8. The fraction of sp³-hybridized carbons (Fsp3) is 0.185. The summed E-state index contributed by atoms with van der Waals surface area (Å²) in [5.41, 5.74) is 18.8. The average Bonchev–Trinajstić information content (AvgIpc) is 3.27. The van der Waals surface area contributed by atoms with E-state index in [1.807, 2.05) is 24.3 Å². The van der Waals surface area contributed by atoms with E-state index in [-0.39, 0.29) is 5.41 Å². The zero-order valence-electron chi connectivity index (χ0n) is 33.9. The highest BCUT2D eigenvalue weighted by Gasteiger charge is 2.35.